The molecule has 100 valence electrons. The van der Waals surface area contributed by atoms with Crippen LogP contribution in [0, 0.1) is 0 Å². The summed E-state index contributed by atoms with van der Waals surface area (Å²) in [5.41, 5.74) is 7.70. The smallest absolute Gasteiger partial charge is 0.253 e. The molecule has 1 rings (SSSR count). The molecule has 5 heteroatoms. The summed E-state index contributed by atoms with van der Waals surface area (Å²) in [6, 6.07) is 5.38. The highest BCUT2D eigenvalue weighted by molar-refractivity contribution is 6.00. The third-order valence-corrected chi connectivity index (χ3v) is 2.67. The molecule has 5 nitrogen and oxygen atoms in total. The second-order valence-electron chi connectivity index (χ2n) is 4.35. The van der Waals surface area contributed by atoms with Crippen molar-refractivity contribution in [3.63, 3.8) is 0 Å². The molecule has 1 aromatic rings. The predicted molar refractivity (Wildman–Crippen MR) is 73.8 cm³/mol. The maximum absolute atomic E-state index is 11.9. The summed E-state index contributed by atoms with van der Waals surface area (Å²) in [6.07, 6.45) is 1.45. The van der Waals surface area contributed by atoms with Crippen molar-refractivity contribution in [2.24, 2.45) is 0 Å². The number of aliphatic hydroxyl groups excluding tert-OH is 1. The Morgan fingerprint density at radius 3 is 2.72 bits per heavy atom. The summed E-state index contributed by atoms with van der Waals surface area (Å²) in [4.78, 5) is 13.8. The number of nitrogens with one attached hydrogen (secondary N) is 1. The summed E-state index contributed by atoms with van der Waals surface area (Å²) >= 11 is 0. The van der Waals surface area contributed by atoms with Crippen molar-refractivity contribution < 1.29 is 9.90 Å². The van der Waals surface area contributed by atoms with Crippen LogP contribution in [0.4, 0.5) is 11.4 Å². The first kappa shape index (κ1) is 14.3. The first-order valence-electron chi connectivity index (χ1n) is 6.02. The highest BCUT2D eigenvalue weighted by atomic mass is 16.2. The summed E-state index contributed by atoms with van der Waals surface area (Å²) < 4.78 is 0. The molecule has 0 aromatic heterocycles. The fourth-order valence-electron chi connectivity index (χ4n) is 1.55. The summed E-state index contributed by atoms with van der Waals surface area (Å²) in [6.45, 7) is 0.694. The normalized spacial score (nSPS) is 10.2. The Labute approximate surface area is 108 Å². The molecule has 0 spiro atoms. The quantitative estimate of drug-likeness (QED) is 0.517. The number of unbranched alkanes of at least 4 members (excludes halogenated alkanes) is 1. The summed E-state index contributed by atoms with van der Waals surface area (Å²) in [7, 11) is 3.82. The van der Waals surface area contributed by atoms with E-state index in [1.165, 1.54) is 0 Å². The third kappa shape index (κ3) is 3.92. The minimum Gasteiger partial charge on any atom is -0.398 e. The minimum atomic E-state index is -0.172. The van der Waals surface area contributed by atoms with Crippen molar-refractivity contribution >= 4 is 17.3 Å². The maximum atomic E-state index is 11.9. The van der Waals surface area contributed by atoms with E-state index in [1.54, 1.807) is 12.1 Å². The van der Waals surface area contributed by atoms with E-state index in [4.69, 9.17) is 10.8 Å². The number of amides is 1. The Morgan fingerprint density at radius 1 is 1.39 bits per heavy atom. The second kappa shape index (κ2) is 6.86. The van der Waals surface area contributed by atoms with Gasteiger partial charge in [0.25, 0.3) is 5.91 Å². The zero-order valence-electron chi connectivity index (χ0n) is 10.9. The number of anilines is 2. The topological polar surface area (TPSA) is 78.6 Å². The average molecular weight is 251 g/mol. The molecule has 0 unspecified atom stereocenters. The maximum Gasteiger partial charge on any atom is 0.253 e. The summed E-state index contributed by atoms with van der Waals surface area (Å²) in [5.74, 6) is -0.172. The molecular formula is C13H21N3O2. The van der Waals surface area contributed by atoms with E-state index in [9.17, 15) is 4.79 Å². The number of rotatable bonds is 6. The van der Waals surface area contributed by atoms with E-state index < -0.39 is 0 Å². The van der Waals surface area contributed by atoms with E-state index in [0.29, 0.717) is 24.2 Å². The van der Waals surface area contributed by atoms with Gasteiger partial charge in [-0.25, -0.2) is 0 Å². The van der Waals surface area contributed by atoms with E-state index >= 15 is 0 Å². The van der Waals surface area contributed by atoms with Crippen LogP contribution in [0.15, 0.2) is 18.2 Å². The van der Waals surface area contributed by atoms with Gasteiger partial charge in [-0.1, -0.05) is 0 Å². The second-order valence-corrected chi connectivity index (χ2v) is 4.35. The van der Waals surface area contributed by atoms with Crippen molar-refractivity contribution in [2.45, 2.75) is 12.8 Å². The third-order valence-electron chi connectivity index (χ3n) is 2.67. The standard InChI is InChI=1S/C13H21N3O2/c1-16(2)10-5-6-12(14)11(9-10)13(18)15-7-3-4-8-17/h5-6,9,17H,3-4,7-8,14H2,1-2H3,(H,15,18). The van der Waals surface area contributed by atoms with E-state index in [-0.39, 0.29) is 12.5 Å². The molecule has 0 saturated heterocycles. The lowest BCUT2D eigenvalue weighted by Gasteiger charge is -2.15. The number of carbonyl (C=O) groups excluding carboxylic acids is 1. The van der Waals surface area contributed by atoms with Crippen molar-refractivity contribution in [3.8, 4) is 0 Å². The molecular weight excluding hydrogens is 230 g/mol. The number of hydrogen-bond donors (Lipinski definition) is 3. The van der Waals surface area contributed by atoms with Crippen LogP contribution in [0.5, 0.6) is 0 Å². The van der Waals surface area contributed by atoms with Crippen LogP contribution in [-0.4, -0.2) is 38.3 Å². The Bertz CT molecular complexity index is 405. The lowest BCUT2D eigenvalue weighted by molar-refractivity contribution is 0.0953. The van der Waals surface area contributed by atoms with Crippen molar-refractivity contribution in [2.75, 3.05) is 37.9 Å². The largest absolute Gasteiger partial charge is 0.398 e. The molecule has 0 heterocycles. The number of nitrogens with two attached hydrogens (primary N) is 1. The monoisotopic (exact) mass is 251 g/mol. The molecule has 0 bridgehead atoms. The molecule has 1 aromatic carbocycles. The van der Waals surface area contributed by atoms with Crippen LogP contribution in [0.25, 0.3) is 0 Å². The molecule has 0 aliphatic carbocycles. The van der Waals surface area contributed by atoms with Crippen LogP contribution < -0.4 is 16.0 Å². The van der Waals surface area contributed by atoms with Crippen LogP contribution in [0.2, 0.25) is 0 Å². The van der Waals surface area contributed by atoms with Crippen molar-refractivity contribution in [1.29, 1.82) is 0 Å². The van der Waals surface area contributed by atoms with E-state index in [1.807, 2.05) is 25.1 Å². The van der Waals surface area contributed by atoms with Crippen molar-refractivity contribution in [1.82, 2.24) is 5.32 Å². The number of carbonyl (C=O) groups is 1. The van der Waals surface area contributed by atoms with Gasteiger partial charge in [-0.3, -0.25) is 4.79 Å². The Hall–Kier alpha value is -1.75. The molecule has 18 heavy (non-hydrogen) atoms. The predicted octanol–water partition coefficient (Wildman–Crippen LogP) is 0.837. The van der Waals surface area contributed by atoms with Gasteiger partial charge in [-0.15, -0.1) is 0 Å². The Morgan fingerprint density at radius 2 is 2.11 bits per heavy atom. The average Bonchev–Trinajstić information content (AvgIpc) is 2.34. The first-order valence-corrected chi connectivity index (χ1v) is 6.02. The van der Waals surface area contributed by atoms with Crippen LogP contribution in [-0.2, 0) is 0 Å². The number of benzene rings is 1. The molecule has 0 fully saturated rings. The van der Waals surface area contributed by atoms with Crippen LogP contribution >= 0.6 is 0 Å². The zero-order valence-corrected chi connectivity index (χ0v) is 10.9. The number of hydrogen-bond acceptors (Lipinski definition) is 4. The van der Waals surface area contributed by atoms with Gasteiger partial charge in [0.15, 0.2) is 0 Å². The number of nitrogens with zero attached hydrogens (tertiary/aromatic N) is 1. The van der Waals surface area contributed by atoms with Gasteiger partial charge in [-0.2, -0.15) is 0 Å². The zero-order chi connectivity index (χ0) is 13.5. The summed E-state index contributed by atoms with van der Waals surface area (Å²) in [5, 5.41) is 11.4. The van der Waals surface area contributed by atoms with Gasteiger partial charge >= 0.3 is 0 Å². The number of aliphatic hydroxyl groups is 1. The van der Waals surface area contributed by atoms with Crippen molar-refractivity contribution in [3.05, 3.63) is 23.8 Å². The molecule has 0 aliphatic heterocycles. The molecule has 0 atom stereocenters. The van der Waals surface area contributed by atoms with E-state index in [0.717, 1.165) is 12.1 Å². The van der Waals surface area contributed by atoms with Gasteiger partial charge in [0.1, 0.15) is 0 Å². The minimum absolute atomic E-state index is 0.147. The van der Waals surface area contributed by atoms with Gasteiger partial charge in [0.2, 0.25) is 0 Å². The van der Waals surface area contributed by atoms with Crippen LogP contribution in [0.3, 0.4) is 0 Å². The molecule has 4 N–H and O–H groups in total. The lowest BCUT2D eigenvalue weighted by atomic mass is 10.1. The highest BCUT2D eigenvalue weighted by Gasteiger charge is 2.10. The molecule has 1 amide bonds. The molecule has 0 radical (unpaired) electrons. The Kier molecular flexibility index (Phi) is 5.45. The number of nitrogen functional groups attached to an aromatic ring is 1. The van der Waals surface area contributed by atoms with Crippen LogP contribution in [0.1, 0.15) is 23.2 Å². The van der Waals surface area contributed by atoms with Gasteiger partial charge < -0.3 is 21.1 Å². The highest BCUT2D eigenvalue weighted by Crippen LogP contribution is 2.19. The molecule has 0 aliphatic rings. The fourth-order valence-corrected chi connectivity index (χ4v) is 1.55. The fraction of sp³-hybridized carbons (Fsp3) is 0.462. The van der Waals surface area contributed by atoms with Gasteiger partial charge in [0.05, 0.1) is 5.56 Å². The Balaban J connectivity index is 2.69. The molecule has 0 saturated carbocycles. The van der Waals surface area contributed by atoms with Gasteiger partial charge in [-0.05, 0) is 31.0 Å². The SMILES string of the molecule is CN(C)c1ccc(N)c(C(=O)NCCCCO)c1. The van der Waals surface area contributed by atoms with E-state index in [2.05, 4.69) is 5.32 Å². The lowest BCUT2D eigenvalue weighted by Crippen LogP contribution is -2.25. The van der Waals surface area contributed by atoms with Gasteiger partial charge in [0, 0.05) is 38.6 Å². The first-order chi connectivity index (χ1) is 8.56.